The molecule has 1 heterocycles. The lowest BCUT2D eigenvalue weighted by molar-refractivity contribution is -0.0288. The molecule has 0 unspecified atom stereocenters. The number of likely N-dealkylation sites (tertiary alicyclic amines) is 1. The Morgan fingerprint density at radius 1 is 1.43 bits per heavy atom. The quantitative estimate of drug-likeness (QED) is 0.878. The lowest BCUT2D eigenvalue weighted by Crippen LogP contribution is -2.48. The first-order valence-corrected chi connectivity index (χ1v) is 8.72. The van der Waals surface area contributed by atoms with E-state index in [0.29, 0.717) is 19.1 Å². The zero-order chi connectivity index (χ0) is 17.0. The first kappa shape index (κ1) is 18.7. The Kier molecular flexibility index (Phi) is 6.43. The normalized spacial score (nSPS) is 21.4. The van der Waals surface area contributed by atoms with Crippen LogP contribution in [0.4, 0.5) is 4.39 Å². The van der Waals surface area contributed by atoms with E-state index in [1.807, 2.05) is 0 Å². The van der Waals surface area contributed by atoms with Crippen LogP contribution in [0.25, 0.3) is 0 Å². The molecule has 0 bridgehead atoms. The highest BCUT2D eigenvalue weighted by molar-refractivity contribution is 6.30. The number of nitrogens with zero attached hydrogens (tertiary/aromatic N) is 1. The molecule has 0 spiro atoms. The zero-order valence-electron chi connectivity index (χ0n) is 14.3. The van der Waals surface area contributed by atoms with Gasteiger partial charge in [0, 0.05) is 24.5 Å². The van der Waals surface area contributed by atoms with Crippen LogP contribution >= 0.6 is 11.6 Å². The van der Waals surface area contributed by atoms with Gasteiger partial charge in [-0.05, 0) is 57.9 Å². The third kappa shape index (κ3) is 4.90. The maximum absolute atomic E-state index is 13.5. The van der Waals surface area contributed by atoms with E-state index < -0.39 is 5.82 Å². The summed E-state index contributed by atoms with van der Waals surface area (Å²) in [6, 6.07) is 4.88. The Hall–Kier alpha value is -0.680. The van der Waals surface area contributed by atoms with Gasteiger partial charge >= 0.3 is 0 Å². The number of nitrogens with two attached hydrogens (primary N) is 1. The molecule has 1 aromatic rings. The van der Waals surface area contributed by atoms with Gasteiger partial charge in [-0.3, -0.25) is 4.90 Å². The molecule has 0 aliphatic carbocycles. The van der Waals surface area contributed by atoms with E-state index in [9.17, 15) is 4.39 Å². The van der Waals surface area contributed by atoms with Crippen LogP contribution in [0.2, 0.25) is 5.02 Å². The smallest absolute Gasteiger partial charge is 0.141 e. The van der Waals surface area contributed by atoms with E-state index in [2.05, 4.69) is 25.7 Å². The van der Waals surface area contributed by atoms with Crippen molar-refractivity contribution in [3.63, 3.8) is 0 Å². The fourth-order valence-corrected chi connectivity index (χ4v) is 3.44. The summed E-state index contributed by atoms with van der Waals surface area (Å²) in [5.41, 5.74) is 6.69. The Labute approximate surface area is 143 Å². The summed E-state index contributed by atoms with van der Waals surface area (Å²) < 4.78 is 19.5. The third-order valence-electron chi connectivity index (χ3n) is 4.52. The van der Waals surface area contributed by atoms with E-state index in [1.165, 1.54) is 6.07 Å². The molecule has 0 amide bonds. The van der Waals surface area contributed by atoms with E-state index in [-0.39, 0.29) is 16.7 Å². The molecule has 2 rings (SSSR count). The average Bonchev–Trinajstić information content (AvgIpc) is 2.50. The molecule has 1 saturated heterocycles. The van der Waals surface area contributed by atoms with Crippen LogP contribution in [0.3, 0.4) is 0 Å². The highest BCUT2D eigenvalue weighted by Crippen LogP contribution is 2.36. The van der Waals surface area contributed by atoms with E-state index in [4.69, 9.17) is 22.1 Å². The SMILES string of the molecule is CC(C)(C)N1CCC[C@@H]([C@@H](OCCN)c2ccc(F)c(Cl)c2)C1. The second-order valence-corrected chi connectivity index (χ2v) is 7.68. The fourth-order valence-electron chi connectivity index (χ4n) is 3.26. The molecule has 5 heteroatoms. The van der Waals surface area contributed by atoms with Crippen molar-refractivity contribution in [2.75, 3.05) is 26.2 Å². The van der Waals surface area contributed by atoms with Crippen molar-refractivity contribution in [3.05, 3.63) is 34.6 Å². The molecule has 0 aromatic heterocycles. The predicted molar refractivity (Wildman–Crippen MR) is 93.2 cm³/mol. The Balaban J connectivity index is 2.21. The first-order chi connectivity index (χ1) is 10.8. The van der Waals surface area contributed by atoms with Gasteiger partial charge in [0.2, 0.25) is 0 Å². The minimum atomic E-state index is -0.395. The molecule has 1 fully saturated rings. The number of rotatable bonds is 5. The summed E-state index contributed by atoms with van der Waals surface area (Å²) in [5, 5.41) is 0.146. The lowest BCUT2D eigenvalue weighted by atomic mass is 9.86. The Morgan fingerprint density at radius 3 is 2.78 bits per heavy atom. The summed E-state index contributed by atoms with van der Waals surface area (Å²) in [7, 11) is 0. The van der Waals surface area contributed by atoms with Gasteiger partial charge in [0.25, 0.3) is 0 Å². The van der Waals surface area contributed by atoms with Crippen LogP contribution in [-0.2, 0) is 4.74 Å². The largest absolute Gasteiger partial charge is 0.372 e. The van der Waals surface area contributed by atoms with Crippen LogP contribution in [0.5, 0.6) is 0 Å². The van der Waals surface area contributed by atoms with Gasteiger partial charge in [-0.15, -0.1) is 0 Å². The minimum absolute atomic E-state index is 0.0956. The van der Waals surface area contributed by atoms with Crippen LogP contribution in [0, 0.1) is 11.7 Å². The summed E-state index contributed by atoms with van der Waals surface area (Å²) in [6.07, 6.45) is 2.14. The third-order valence-corrected chi connectivity index (χ3v) is 4.81. The molecule has 2 N–H and O–H groups in total. The number of benzene rings is 1. The summed E-state index contributed by atoms with van der Waals surface area (Å²) in [5.74, 6) is -0.0380. The lowest BCUT2D eigenvalue weighted by Gasteiger charge is -2.43. The average molecular weight is 343 g/mol. The van der Waals surface area contributed by atoms with Crippen molar-refractivity contribution in [1.29, 1.82) is 0 Å². The van der Waals surface area contributed by atoms with Crippen molar-refractivity contribution < 1.29 is 9.13 Å². The number of hydrogen-bond donors (Lipinski definition) is 1. The number of halogens is 2. The van der Waals surface area contributed by atoms with Crippen molar-refractivity contribution in [1.82, 2.24) is 4.90 Å². The summed E-state index contributed by atoms with van der Waals surface area (Å²) >= 11 is 5.97. The second kappa shape index (κ2) is 7.93. The van der Waals surface area contributed by atoms with Gasteiger partial charge in [0.1, 0.15) is 5.82 Å². The molecule has 3 nitrogen and oxygen atoms in total. The van der Waals surface area contributed by atoms with Gasteiger partial charge < -0.3 is 10.5 Å². The zero-order valence-corrected chi connectivity index (χ0v) is 15.1. The molecule has 1 aliphatic heterocycles. The van der Waals surface area contributed by atoms with E-state index in [1.54, 1.807) is 12.1 Å². The Morgan fingerprint density at radius 2 is 2.17 bits per heavy atom. The standard InChI is InChI=1S/C18H28ClFN2O/c1-18(2,3)22-9-4-5-14(12-22)17(23-10-8-21)13-6-7-16(20)15(19)11-13/h6-7,11,14,17H,4-5,8-10,12,21H2,1-3H3/t14-,17+/m1/s1. The van der Waals surface area contributed by atoms with Crippen molar-refractivity contribution in [2.24, 2.45) is 11.7 Å². The first-order valence-electron chi connectivity index (χ1n) is 8.34. The van der Waals surface area contributed by atoms with Gasteiger partial charge in [0.05, 0.1) is 17.7 Å². The van der Waals surface area contributed by atoms with Gasteiger partial charge in [-0.25, -0.2) is 4.39 Å². The maximum atomic E-state index is 13.5. The molecule has 23 heavy (non-hydrogen) atoms. The molecule has 1 aromatic carbocycles. The van der Waals surface area contributed by atoms with Crippen LogP contribution in [0.1, 0.15) is 45.3 Å². The molecule has 0 radical (unpaired) electrons. The number of ether oxygens (including phenoxy) is 1. The number of piperidine rings is 1. The summed E-state index contributed by atoms with van der Waals surface area (Å²) in [4.78, 5) is 2.49. The minimum Gasteiger partial charge on any atom is -0.372 e. The van der Waals surface area contributed by atoms with Crippen molar-refractivity contribution in [2.45, 2.75) is 45.3 Å². The molecule has 1 aliphatic rings. The molecular formula is C18H28ClFN2O. The molecule has 0 saturated carbocycles. The molecule has 130 valence electrons. The fraction of sp³-hybridized carbons (Fsp3) is 0.667. The topological polar surface area (TPSA) is 38.5 Å². The maximum Gasteiger partial charge on any atom is 0.141 e. The molecule has 2 atom stereocenters. The highest BCUT2D eigenvalue weighted by Gasteiger charge is 2.33. The monoisotopic (exact) mass is 342 g/mol. The van der Waals surface area contributed by atoms with Crippen molar-refractivity contribution >= 4 is 11.6 Å². The predicted octanol–water partition coefficient (Wildman–Crippen LogP) is 4.01. The van der Waals surface area contributed by atoms with Crippen LogP contribution < -0.4 is 5.73 Å². The van der Waals surface area contributed by atoms with Gasteiger partial charge in [-0.2, -0.15) is 0 Å². The highest BCUT2D eigenvalue weighted by atomic mass is 35.5. The second-order valence-electron chi connectivity index (χ2n) is 7.27. The van der Waals surface area contributed by atoms with E-state index in [0.717, 1.165) is 31.5 Å². The van der Waals surface area contributed by atoms with Gasteiger partial charge in [-0.1, -0.05) is 17.7 Å². The summed E-state index contributed by atoms with van der Waals surface area (Å²) in [6.45, 7) is 9.74. The van der Waals surface area contributed by atoms with Gasteiger partial charge in [0.15, 0.2) is 0 Å². The van der Waals surface area contributed by atoms with Crippen LogP contribution in [0.15, 0.2) is 18.2 Å². The number of hydrogen-bond acceptors (Lipinski definition) is 3. The molecular weight excluding hydrogens is 315 g/mol. The van der Waals surface area contributed by atoms with Crippen molar-refractivity contribution in [3.8, 4) is 0 Å². The van der Waals surface area contributed by atoms with E-state index >= 15 is 0 Å². The van der Waals surface area contributed by atoms with Crippen LogP contribution in [-0.4, -0.2) is 36.7 Å². The Bertz CT molecular complexity index is 518.